The number of rotatable bonds is 5. The van der Waals surface area contributed by atoms with Crippen LogP contribution >= 0.6 is 0 Å². The van der Waals surface area contributed by atoms with Crippen LogP contribution in [0.1, 0.15) is 36.7 Å². The lowest BCUT2D eigenvalue weighted by molar-refractivity contribution is 0.0690. The predicted molar refractivity (Wildman–Crippen MR) is 53.1 cm³/mol. The van der Waals surface area contributed by atoms with Crippen molar-refractivity contribution in [2.45, 2.75) is 32.7 Å². The van der Waals surface area contributed by atoms with Gasteiger partial charge in [-0.15, -0.1) is 0 Å². The minimum Gasteiger partial charge on any atom is -0.476 e. The van der Waals surface area contributed by atoms with E-state index in [0.29, 0.717) is 0 Å². The van der Waals surface area contributed by atoms with Gasteiger partial charge in [0.25, 0.3) is 0 Å². The second kappa shape index (κ2) is 4.64. The first-order valence-corrected chi connectivity index (χ1v) is 4.71. The number of carboxylic acids is 1. The van der Waals surface area contributed by atoms with Crippen molar-refractivity contribution in [2.75, 3.05) is 5.73 Å². The first-order chi connectivity index (χ1) is 6.65. The fourth-order valence-corrected chi connectivity index (χ4v) is 1.24. The van der Waals surface area contributed by atoms with Crippen molar-refractivity contribution in [3.8, 4) is 0 Å². The van der Waals surface area contributed by atoms with Crippen molar-refractivity contribution in [1.29, 1.82) is 0 Å². The summed E-state index contributed by atoms with van der Waals surface area (Å²) in [5, 5.41) is 12.6. The highest BCUT2D eigenvalue weighted by atomic mass is 16.4. The normalized spacial score (nSPS) is 10.4. The Bertz CT molecular complexity index is 320. The number of aromatic carboxylic acids is 1. The fourth-order valence-electron chi connectivity index (χ4n) is 1.24. The molecule has 1 heterocycles. The van der Waals surface area contributed by atoms with Crippen LogP contribution in [0.2, 0.25) is 0 Å². The average Bonchev–Trinajstić information content (AvgIpc) is 2.47. The zero-order chi connectivity index (χ0) is 10.6. The standard InChI is InChI=1S/C9H15N3O2/c1-2-3-4-5-12-6-7(10)8(11-12)9(13)14/h6H,2-5,10H2,1H3,(H,13,14). The summed E-state index contributed by atoms with van der Waals surface area (Å²) in [6.45, 7) is 2.84. The summed E-state index contributed by atoms with van der Waals surface area (Å²) in [5.74, 6) is -1.07. The molecule has 1 rings (SSSR count). The van der Waals surface area contributed by atoms with Crippen LogP contribution < -0.4 is 5.73 Å². The van der Waals surface area contributed by atoms with Gasteiger partial charge in [0, 0.05) is 12.7 Å². The van der Waals surface area contributed by atoms with Crippen LogP contribution in [0.25, 0.3) is 0 Å². The molecule has 0 saturated carbocycles. The molecule has 5 heteroatoms. The smallest absolute Gasteiger partial charge is 0.358 e. The van der Waals surface area contributed by atoms with Crippen molar-refractivity contribution < 1.29 is 9.90 Å². The van der Waals surface area contributed by atoms with E-state index in [2.05, 4.69) is 12.0 Å². The lowest BCUT2D eigenvalue weighted by atomic mass is 10.2. The minimum atomic E-state index is -1.07. The van der Waals surface area contributed by atoms with Gasteiger partial charge in [-0.3, -0.25) is 4.68 Å². The quantitative estimate of drug-likeness (QED) is 0.698. The Kier molecular flexibility index (Phi) is 3.50. The Morgan fingerprint density at radius 2 is 2.36 bits per heavy atom. The number of nitrogens with zero attached hydrogens (tertiary/aromatic N) is 2. The molecule has 1 aromatic heterocycles. The molecule has 5 nitrogen and oxygen atoms in total. The van der Waals surface area contributed by atoms with E-state index in [1.165, 1.54) is 0 Å². The third-order valence-corrected chi connectivity index (χ3v) is 1.98. The second-order valence-corrected chi connectivity index (χ2v) is 3.21. The zero-order valence-corrected chi connectivity index (χ0v) is 8.23. The van der Waals surface area contributed by atoms with E-state index in [0.717, 1.165) is 25.8 Å². The van der Waals surface area contributed by atoms with Crippen LogP contribution in [-0.2, 0) is 6.54 Å². The van der Waals surface area contributed by atoms with Gasteiger partial charge in [0.05, 0.1) is 5.69 Å². The van der Waals surface area contributed by atoms with Gasteiger partial charge in [-0.25, -0.2) is 4.79 Å². The van der Waals surface area contributed by atoms with Gasteiger partial charge >= 0.3 is 5.97 Å². The van der Waals surface area contributed by atoms with Gasteiger partial charge in [-0.1, -0.05) is 19.8 Å². The number of hydrogen-bond donors (Lipinski definition) is 2. The molecule has 0 atom stereocenters. The van der Waals surface area contributed by atoms with E-state index < -0.39 is 5.97 Å². The maximum Gasteiger partial charge on any atom is 0.358 e. The molecule has 0 fully saturated rings. The fraction of sp³-hybridized carbons (Fsp3) is 0.556. The van der Waals surface area contributed by atoms with Gasteiger partial charge < -0.3 is 10.8 Å². The molecular weight excluding hydrogens is 182 g/mol. The van der Waals surface area contributed by atoms with E-state index >= 15 is 0 Å². The highest BCUT2D eigenvalue weighted by molar-refractivity contribution is 5.91. The number of nitrogens with two attached hydrogens (primary N) is 1. The van der Waals surface area contributed by atoms with E-state index in [-0.39, 0.29) is 11.4 Å². The molecular formula is C9H15N3O2. The molecule has 0 aromatic carbocycles. The number of carboxylic acid groups (broad SMARTS) is 1. The van der Waals surface area contributed by atoms with Crippen LogP contribution in [-0.4, -0.2) is 20.9 Å². The summed E-state index contributed by atoms with van der Waals surface area (Å²) in [5.41, 5.74) is 5.66. The number of unbranched alkanes of at least 4 members (excludes halogenated alkanes) is 2. The van der Waals surface area contributed by atoms with Crippen molar-refractivity contribution in [3.05, 3.63) is 11.9 Å². The largest absolute Gasteiger partial charge is 0.476 e. The maximum atomic E-state index is 10.6. The Morgan fingerprint density at radius 1 is 1.64 bits per heavy atom. The summed E-state index contributed by atoms with van der Waals surface area (Å²) < 4.78 is 1.59. The van der Waals surface area contributed by atoms with Crippen molar-refractivity contribution >= 4 is 11.7 Å². The predicted octanol–water partition coefficient (Wildman–Crippen LogP) is 1.35. The molecule has 0 bridgehead atoms. The van der Waals surface area contributed by atoms with Crippen LogP contribution in [0.15, 0.2) is 6.20 Å². The van der Waals surface area contributed by atoms with Gasteiger partial charge in [0.2, 0.25) is 0 Å². The molecule has 3 N–H and O–H groups in total. The molecule has 0 saturated heterocycles. The summed E-state index contributed by atoms with van der Waals surface area (Å²) in [6.07, 6.45) is 4.81. The molecule has 0 aliphatic carbocycles. The van der Waals surface area contributed by atoms with E-state index in [1.807, 2.05) is 0 Å². The third kappa shape index (κ3) is 2.48. The zero-order valence-electron chi connectivity index (χ0n) is 8.23. The van der Waals surface area contributed by atoms with Gasteiger partial charge in [-0.2, -0.15) is 5.10 Å². The monoisotopic (exact) mass is 197 g/mol. The number of aromatic nitrogens is 2. The Balaban J connectivity index is 2.62. The van der Waals surface area contributed by atoms with E-state index in [1.54, 1.807) is 10.9 Å². The van der Waals surface area contributed by atoms with Crippen molar-refractivity contribution in [1.82, 2.24) is 9.78 Å². The number of aryl methyl sites for hydroxylation is 1. The summed E-state index contributed by atoms with van der Waals surface area (Å²) in [6, 6.07) is 0. The first-order valence-electron chi connectivity index (χ1n) is 4.71. The minimum absolute atomic E-state index is 0.0542. The first kappa shape index (κ1) is 10.6. The number of anilines is 1. The molecule has 0 amide bonds. The third-order valence-electron chi connectivity index (χ3n) is 1.98. The summed E-state index contributed by atoms with van der Waals surface area (Å²) in [7, 11) is 0. The Hall–Kier alpha value is -1.52. The maximum absolute atomic E-state index is 10.6. The molecule has 0 aliphatic rings. The van der Waals surface area contributed by atoms with Crippen LogP contribution in [0.3, 0.4) is 0 Å². The molecule has 0 aliphatic heterocycles. The van der Waals surface area contributed by atoms with E-state index in [9.17, 15) is 4.79 Å². The van der Waals surface area contributed by atoms with E-state index in [4.69, 9.17) is 10.8 Å². The van der Waals surface area contributed by atoms with Crippen molar-refractivity contribution in [3.63, 3.8) is 0 Å². The van der Waals surface area contributed by atoms with Crippen LogP contribution in [0.5, 0.6) is 0 Å². The highest BCUT2D eigenvalue weighted by Crippen LogP contribution is 2.09. The molecule has 14 heavy (non-hydrogen) atoms. The van der Waals surface area contributed by atoms with Gasteiger partial charge in [0.15, 0.2) is 5.69 Å². The molecule has 1 aromatic rings. The average molecular weight is 197 g/mol. The lowest BCUT2D eigenvalue weighted by Gasteiger charge is -1.98. The number of hydrogen-bond acceptors (Lipinski definition) is 3. The molecule has 0 unspecified atom stereocenters. The lowest BCUT2D eigenvalue weighted by Crippen LogP contribution is -2.03. The van der Waals surface area contributed by atoms with Crippen molar-refractivity contribution in [2.24, 2.45) is 0 Å². The summed E-state index contributed by atoms with van der Waals surface area (Å²) >= 11 is 0. The van der Waals surface area contributed by atoms with Gasteiger partial charge in [-0.05, 0) is 6.42 Å². The van der Waals surface area contributed by atoms with Gasteiger partial charge in [0.1, 0.15) is 0 Å². The Labute approximate surface area is 82.5 Å². The molecule has 0 spiro atoms. The Morgan fingerprint density at radius 3 is 2.86 bits per heavy atom. The summed E-state index contributed by atoms with van der Waals surface area (Å²) in [4.78, 5) is 10.6. The number of carbonyl (C=O) groups is 1. The molecule has 0 radical (unpaired) electrons. The van der Waals surface area contributed by atoms with Crippen LogP contribution in [0, 0.1) is 0 Å². The second-order valence-electron chi connectivity index (χ2n) is 3.21. The topological polar surface area (TPSA) is 81.1 Å². The molecule has 78 valence electrons. The SMILES string of the molecule is CCCCCn1cc(N)c(C(=O)O)n1. The number of nitrogen functional groups attached to an aromatic ring is 1. The highest BCUT2D eigenvalue weighted by Gasteiger charge is 2.12. The van der Waals surface area contributed by atoms with Crippen LogP contribution in [0.4, 0.5) is 5.69 Å².